The Labute approximate surface area is 263 Å². The second-order valence-corrected chi connectivity index (χ2v) is 11.9. The van der Waals surface area contributed by atoms with Crippen molar-refractivity contribution in [3.8, 4) is 34.1 Å². The second kappa shape index (κ2) is 14.1. The lowest BCUT2D eigenvalue weighted by Crippen LogP contribution is -2.44. The first kappa shape index (κ1) is 30.5. The van der Waals surface area contributed by atoms with E-state index in [0.29, 0.717) is 75.6 Å². The average Bonchev–Trinajstić information content (AvgIpc) is 3.05. The van der Waals surface area contributed by atoms with Crippen LogP contribution in [0.3, 0.4) is 0 Å². The Morgan fingerprint density at radius 1 is 1.02 bits per heavy atom. The van der Waals surface area contributed by atoms with Crippen molar-refractivity contribution >= 4 is 17.6 Å². The molecule has 2 fully saturated rings. The number of benzene rings is 3. The van der Waals surface area contributed by atoms with E-state index in [1.807, 2.05) is 47.4 Å². The first-order chi connectivity index (χ1) is 21.5. The second-order valence-electron chi connectivity index (χ2n) is 11.5. The molecular weight excluding hydrogens is 584 g/mol. The largest absolute Gasteiger partial charge is 0.490 e. The number of hydrogen-bond acceptors (Lipinski definition) is 8. The highest BCUT2D eigenvalue weighted by Gasteiger charge is 2.29. The summed E-state index contributed by atoms with van der Waals surface area (Å²) in [5, 5.41) is 13.6. The molecule has 2 atom stereocenters. The van der Waals surface area contributed by atoms with Crippen molar-refractivity contribution in [1.82, 2.24) is 10.2 Å². The number of piperidine rings is 1. The van der Waals surface area contributed by atoms with Gasteiger partial charge in [-0.3, -0.25) is 9.69 Å². The van der Waals surface area contributed by atoms with Gasteiger partial charge in [-0.1, -0.05) is 42.3 Å². The van der Waals surface area contributed by atoms with Gasteiger partial charge in [0, 0.05) is 31.3 Å². The molecule has 234 valence electrons. The summed E-state index contributed by atoms with van der Waals surface area (Å²) in [6.45, 7) is 7.15. The smallest absolute Gasteiger partial charge is 0.320 e. The lowest BCUT2D eigenvalue weighted by molar-refractivity contribution is -0.144. The van der Waals surface area contributed by atoms with Gasteiger partial charge in [-0.2, -0.15) is 0 Å². The molecule has 9 nitrogen and oxygen atoms in total. The van der Waals surface area contributed by atoms with Gasteiger partial charge in [0.1, 0.15) is 50.1 Å². The standard InChI is InChI=1S/C34H39ClN2O7/c1-22-24(5-4-6-27(22)23-8-9-30-33(16-23)42-14-13-41-30)20-43-32-17-31(44-21-26-18-36-10-12-40-26)25(15-28(32)35)19-37-11-3-2-7-29(37)34(38)39/h4-6,8-9,15-17,26,29,36H,2-3,7,10-14,18-21H2,1H3,(H,38,39)/t26?,29-/m0/s1. The zero-order valence-corrected chi connectivity index (χ0v) is 25.7. The average molecular weight is 623 g/mol. The van der Waals surface area contributed by atoms with Gasteiger partial charge < -0.3 is 34.1 Å². The number of rotatable bonds is 10. The predicted octanol–water partition coefficient (Wildman–Crippen LogP) is 5.47. The summed E-state index contributed by atoms with van der Waals surface area (Å²) in [6.07, 6.45) is 2.42. The maximum atomic E-state index is 12.0. The third kappa shape index (κ3) is 7.07. The summed E-state index contributed by atoms with van der Waals surface area (Å²) in [5.41, 5.74) is 5.09. The van der Waals surface area contributed by atoms with Crippen LogP contribution in [0.2, 0.25) is 5.02 Å². The van der Waals surface area contributed by atoms with Gasteiger partial charge in [0.25, 0.3) is 0 Å². The molecule has 6 rings (SSSR count). The van der Waals surface area contributed by atoms with Gasteiger partial charge in [-0.25, -0.2) is 0 Å². The normalized spacial score (nSPS) is 20.2. The minimum atomic E-state index is -0.797. The zero-order chi connectivity index (χ0) is 30.5. The molecule has 0 spiro atoms. The zero-order valence-electron chi connectivity index (χ0n) is 25.0. The van der Waals surface area contributed by atoms with Crippen molar-refractivity contribution in [3.05, 3.63) is 70.2 Å². The first-order valence-electron chi connectivity index (χ1n) is 15.3. The molecule has 10 heteroatoms. The number of nitrogens with zero attached hydrogens (tertiary/aromatic N) is 1. The molecule has 0 aromatic heterocycles. The van der Waals surface area contributed by atoms with Crippen LogP contribution in [0.1, 0.15) is 36.0 Å². The van der Waals surface area contributed by atoms with Gasteiger partial charge in [-0.15, -0.1) is 0 Å². The van der Waals surface area contributed by atoms with Crippen LogP contribution in [0.4, 0.5) is 0 Å². The summed E-state index contributed by atoms with van der Waals surface area (Å²) < 4.78 is 30.0. The van der Waals surface area contributed by atoms with Crippen LogP contribution >= 0.6 is 11.6 Å². The van der Waals surface area contributed by atoms with E-state index in [1.54, 1.807) is 0 Å². The predicted molar refractivity (Wildman–Crippen MR) is 167 cm³/mol. The van der Waals surface area contributed by atoms with Gasteiger partial charge in [0.2, 0.25) is 0 Å². The number of hydrogen-bond donors (Lipinski definition) is 2. The number of fused-ring (bicyclic) bond motifs is 1. The molecule has 0 amide bonds. The minimum Gasteiger partial charge on any atom is -0.490 e. The maximum absolute atomic E-state index is 12.0. The molecular formula is C34H39ClN2O7. The lowest BCUT2D eigenvalue weighted by Gasteiger charge is -2.33. The van der Waals surface area contributed by atoms with E-state index in [1.165, 1.54) is 0 Å². The number of morpholine rings is 1. The summed E-state index contributed by atoms with van der Waals surface area (Å²) >= 11 is 6.79. The molecule has 0 aliphatic carbocycles. The molecule has 1 unspecified atom stereocenters. The fourth-order valence-corrected chi connectivity index (χ4v) is 6.29. The summed E-state index contributed by atoms with van der Waals surface area (Å²) in [4.78, 5) is 14.0. The number of carbonyl (C=O) groups is 1. The maximum Gasteiger partial charge on any atom is 0.320 e. The lowest BCUT2D eigenvalue weighted by atomic mass is 9.96. The summed E-state index contributed by atoms with van der Waals surface area (Å²) in [5.74, 6) is 1.84. The quantitative estimate of drug-likeness (QED) is 0.305. The first-order valence-corrected chi connectivity index (χ1v) is 15.7. The van der Waals surface area contributed by atoms with Crippen molar-refractivity contribution in [1.29, 1.82) is 0 Å². The van der Waals surface area contributed by atoms with E-state index in [2.05, 4.69) is 18.3 Å². The van der Waals surface area contributed by atoms with Crippen LogP contribution in [-0.2, 0) is 22.7 Å². The van der Waals surface area contributed by atoms with E-state index in [-0.39, 0.29) is 6.10 Å². The third-order valence-corrected chi connectivity index (χ3v) is 8.79. The number of carboxylic acids is 1. The monoisotopic (exact) mass is 622 g/mol. The molecule has 3 aromatic carbocycles. The minimum absolute atomic E-state index is 0.0793. The van der Waals surface area contributed by atoms with Crippen LogP contribution in [0.15, 0.2) is 48.5 Å². The fourth-order valence-electron chi connectivity index (χ4n) is 6.05. The van der Waals surface area contributed by atoms with Crippen molar-refractivity contribution < 1.29 is 33.6 Å². The van der Waals surface area contributed by atoms with Crippen LogP contribution in [0.5, 0.6) is 23.0 Å². The van der Waals surface area contributed by atoms with E-state index in [0.717, 1.165) is 58.7 Å². The number of aliphatic carboxylic acids is 1. The van der Waals surface area contributed by atoms with E-state index < -0.39 is 12.0 Å². The molecule has 3 aliphatic rings. The molecule has 2 N–H and O–H groups in total. The van der Waals surface area contributed by atoms with Crippen molar-refractivity contribution in [2.45, 2.75) is 51.5 Å². The van der Waals surface area contributed by atoms with Crippen molar-refractivity contribution in [2.75, 3.05) is 46.1 Å². The molecule has 2 saturated heterocycles. The Morgan fingerprint density at radius 3 is 2.70 bits per heavy atom. The van der Waals surface area contributed by atoms with E-state index in [9.17, 15) is 9.90 Å². The highest BCUT2D eigenvalue weighted by atomic mass is 35.5. The van der Waals surface area contributed by atoms with Crippen LogP contribution in [0.25, 0.3) is 11.1 Å². The summed E-state index contributed by atoms with van der Waals surface area (Å²) in [7, 11) is 0. The van der Waals surface area contributed by atoms with E-state index >= 15 is 0 Å². The van der Waals surface area contributed by atoms with Crippen molar-refractivity contribution in [2.24, 2.45) is 0 Å². The molecule has 0 saturated carbocycles. The van der Waals surface area contributed by atoms with Crippen molar-refractivity contribution in [3.63, 3.8) is 0 Å². The van der Waals surface area contributed by atoms with Crippen LogP contribution in [-0.4, -0.2) is 74.2 Å². The Morgan fingerprint density at radius 2 is 1.89 bits per heavy atom. The third-order valence-electron chi connectivity index (χ3n) is 8.50. The highest BCUT2D eigenvalue weighted by Crippen LogP contribution is 2.38. The number of halogens is 1. The Bertz CT molecular complexity index is 1480. The van der Waals surface area contributed by atoms with Gasteiger partial charge >= 0.3 is 5.97 Å². The molecule has 3 aromatic rings. The van der Waals surface area contributed by atoms with Gasteiger partial charge in [0.05, 0.1) is 11.6 Å². The molecule has 0 radical (unpaired) electrons. The topological polar surface area (TPSA) is 98.7 Å². The number of ether oxygens (including phenoxy) is 5. The van der Waals surface area contributed by atoms with Gasteiger partial charge in [0.15, 0.2) is 11.5 Å². The van der Waals surface area contributed by atoms with Gasteiger partial charge in [-0.05, 0) is 66.8 Å². The Balaban J connectivity index is 1.22. The highest BCUT2D eigenvalue weighted by molar-refractivity contribution is 6.32. The van der Waals surface area contributed by atoms with Crippen LogP contribution < -0.4 is 24.3 Å². The molecule has 3 aliphatic heterocycles. The molecule has 3 heterocycles. The number of likely N-dealkylation sites (tertiary alicyclic amines) is 1. The Kier molecular flexibility index (Phi) is 9.76. The van der Waals surface area contributed by atoms with E-state index in [4.69, 9.17) is 35.3 Å². The number of nitrogens with one attached hydrogen (secondary N) is 1. The molecule has 44 heavy (non-hydrogen) atoms. The fraction of sp³-hybridized carbons (Fsp3) is 0.441. The number of carboxylic acid groups (broad SMARTS) is 1. The summed E-state index contributed by atoms with van der Waals surface area (Å²) in [6, 6.07) is 15.3. The van der Waals surface area contributed by atoms with Crippen LogP contribution in [0, 0.1) is 6.92 Å². The molecule has 0 bridgehead atoms. The Hall–Kier alpha value is -3.50. The SMILES string of the molecule is Cc1c(COc2cc(OCC3CNCCO3)c(CN3CCCC[C@H]3C(=O)O)cc2Cl)cccc1-c1ccc2c(c1)OCCO2.